The van der Waals surface area contributed by atoms with Gasteiger partial charge in [-0.1, -0.05) is 36.4 Å². The number of nitrogens with zero attached hydrogens (tertiary/aromatic N) is 1. The molecule has 2 heterocycles. The second-order valence-electron chi connectivity index (χ2n) is 6.12. The maximum atomic E-state index is 5.54. The number of hydrogen-bond donors (Lipinski definition) is 1. The summed E-state index contributed by atoms with van der Waals surface area (Å²) in [5.74, 6) is 1.75. The fourth-order valence-corrected chi connectivity index (χ4v) is 3.34. The summed E-state index contributed by atoms with van der Waals surface area (Å²) in [5, 5.41) is 3.53. The van der Waals surface area contributed by atoms with Crippen molar-refractivity contribution in [2.45, 2.75) is 19.5 Å². The second-order valence-corrected chi connectivity index (χ2v) is 6.12. The first-order chi connectivity index (χ1) is 11.4. The van der Waals surface area contributed by atoms with E-state index in [0.717, 1.165) is 50.6 Å². The van der Waals surface area contributed by atoms with E-state index >= 15 is 0 Å². The topological polar surface area (TPSA) is 33.7 Å². The Balaban J connectivity index is 1.26. The third kappa shape index (κ3) is 3.19. The second kappa shape index (κ2) is 6.60. The Morgan fingerprint density at radius 1 is 1.00 bits per heavy atom. The predicted octanol–water partition coefficient (Wildman–Crippen LogP) is 2.56. The molecule has 2 aliphatic rings. The van der Waals surface area contributed by atoms with Crippen molar-refractivity contribution >= 4 is 0 Å². The zero-order chi connectivity index (χ0) is 15.5. The van der Waals surface area contributed by atoms with Crippen LogP contribution in [-0.4, -0.2) is 31.3 Å². The Morgan fingerprint density at radius 3 is 2.87 bits per heavy atom. The smallest absolute Gasteiger partial charge is 0.231 e. The number of para-hydroxylation sites is 1. The van der Waals surface area contributed by atoms with Gasteiger partial charge in [0.05, 0.1) is 0 Å². The molecule has 4 heteroatoms. The van der Waals surface area contributed by atoms with Gasteiger partial charge < -0.3 is 14.8 Å². The third-order valence-electron chi connectivity index (χ3n) is 4.61. The van der Waals surface area contributed by atoms with E-state index in [2.05, 4.69) is 40.5 Å². The van der Waals surface area contributed by atoms with E-state index in [0.29, 0.717) is 6.79 Å². The largest absolute Gasteiger partial charge is 0.454 e. The highest BCUT2D eigenvalue weighted by Crippen LogP contribution is 2.35. The first kappa shape index (κ1) is 14.5. The van der Waals surface area contributed by atoms with Gasteiger partial charge >= 0.3 is 0 Å². The number of fused-ring (bicyclic) bond motifs is 2. The Bertz CT molecular complexity index is 687. The van der Waals surface area contributed by atoms with E-state index in [1.54, 1.807) is 0 Å². The van der Waals surface area contributed by atoms with Gasteiger partial charge in [-0.05, 0) is 23.6 Å². The van der Waals surface area contributed by atoms with Crippen molar-refractivity contribution in [2.24, 2.45) is 0 Å². The number of rotatable bonds is 5. The van der Waals surface area contributed by atoms with Crippen molar-refractivity contribution in [1.29, 1.82) is 0 Å². The molecule has 0 radical (unpaired) electrons. The summed E-state index contributed by atoms with van der Waals surface area (Å²) >= 11 is 0. The van der Waals surface area contributed by atoms with E-state index < -0.39 is 0 Å². The van der Waals surface area contributed by atoms with Crippen LogP contribution in [0.5, 0.6) is 11.5 Å². The zero-order valence-corrected chi connectivity index (χ0v) is 13.3. The van der Waals surface area contributed by atoms with Crippen LogP contribution in [0.3, 0.4) is 0 Å². The van der Waals surface area contributed by atoms with Crippen LogP contribution in [0.1, 0.15) is 16.7 Å². The van der Waals surface area contributed by atoms with Crippen molar-refractivity contribution in [3.8, 4) is 11.5 Å². The maximum absolute atomic E-state index is 5.54. The van der Waals surface area contributed by atoms with Crippen LogP contribution in [-0.2, 0) is 19.5 Å². The van der Waals surface area contributed by atoms with Crippen LogP contribution in [0.2, 0.25) is 0 Å². The van der Waals surface area contributed by atoms with Gasteiger partial charge in [0, 0.05) is 38.3 Å². The monoisotopic (exact) mass is 310 g/mol. The van der Waals surface area contributed by atoms with Crippen LogP contribution in [0, 0.1) is 0 Å². The molecule has 0 atom stereocenters. The van der Waals surface area contributed by atoms with E-state index in [9.17, 15) is 0 Å². The highest BCUT2D eigenvalue weighted by atomic mass is 16.7. The quantitative estimate of drug-likeness (QED) is 0.861. The first-order valence-corrected chi connectivity index (χ1v) is 8.27. The minimum Gasteiger partial charge on any atom is -0.454 e. The molecule has 2 aromatic carbocycles. The van der Waals surface area contributed by atoms with Gasteiger partial charge in [-0.25, -0.2) is 0 Å². The van der Waals surface area contributed by atoms with Crippen molar-refractivity contribution in [2.75, 3.05) is 26.4 Å². The molecule has 0 aliphatic carbocycles. The molecule has 120 valence electrons. The summed E-state index contributed by atoms with van der Waals surface area (Å²) in [6.45, 7) is 5.41. The van der Waals surface area contributed by atoms with Crippen LogP contribution >= 0.6 is 0 Å². The average Bonchev–Trinajstić information content (AvgIpc) is 3.08. The van der Waals surface area contributed by atoms with E-state index in [1.165, 1.54) is 16.7 Å². The summed E-state index contributed by atoms with van der Waals surface area (Å²) in [7, 11) is 0. The standard InChI is InChI=1S/C19H22N2O2/c1-2-5-17-13-21(10-8-15(17)4-1)11-9-20-12-16-6-3-7-18-19(16)23-14-22-18/h1-7,20H,8-14H2. The lowest BCUT2D eigenvalue weighted by atomic mass is 10.00. The van der Waals surface area contributed by atoms with Gasteiger partial charge in [-0.15, -0.1) is 0 Å². The molecule has 0 saturated heterocycles. The zero-order valence-electron chi connectivity index (χ0n) is 13.3. The van der Waals surface area contributed by atoms with Gasteiger partial charge in [-0.3, -0.25) is 4.90 Å². The van der Waals surface area contributed by atoms with E-state index in [1.807, 2.05) is 12.1 Å². The third-order valence-corrected chi connectivity index (χ3v) is 4.61. The van der Waals surface area contributed by atoms with Crippen LogP contribution in [0.25, 0.3) is 0 Å². The molecule has 0 spiro atoms. The molecule has 0 bridgehead atoms. The molecule has 0 aromatic heterocycles. The first-order valence-electron chi connectivity index (χ1n) is 8.27. The summed E-state index contributed by atoms with van der Waals surface area (Å²) in [6.07, 6.45) is 1.16. The summed E-state index contributed by atoms with van der Waals surface area (Å²) < 4.78 is 11.0. The minimum atomic E-state index is 0.333. The lowest BCUT2D eigenvalue weighted by molar-refractivity contribution is 0.173. The van der Waals surface area contributed by atoms with Gasteiger partial charge in [-0.2, -0.15) is 0 Å². The molecule has 4 rings (SSSR count). The summed E-state index contributed by atoms with van der Waals surface area (Å²) in [5.41, 5.74) is 4.16. The fourth-order valence-electron chi connectivity index (χ4n) is 3.34. The van der Waals surface area contributed by atoms with Crippen molar-refractivity contribution in [3.63, 3.8) is 0 Å². The van der Waals surface area contributed by atoms with Crippen LogP contribution in [0.15, 0.2) is 42.5 Å². The molecule has 4 nitrogen and oxygen atoms in total. The van der Waals surface area contributed by atoms with Gasteiger partial charge in [0.15, 0.2) is 11.5 Å². The molecule has 2 aromatic rings. The Morgan fingerprint density at radius 2 is 1.91 bits per heavy atom. The van der Waals surface area contributed by atoms with E-state index in [4.69, 9.17) is 9.47 Å². The van der Waals surface area contributed by atoms with Crippen molar-refractivity contribution in [3.05, 3.63) is 59.2 Å². The maximum Gasteiger partial charge on any atom is 0.231 e. The molecule has 0 saturated carbocycles. The molecule has 0 unspecified atom stereocenters. The van der Waals surface area contributed by atoms with Gasteiger partial charge in [0.25, 0.3) is 0 Å². The SMILES string of the molecule is c1ccc2c(c1)CCN(CCNCc1cccc3c1OCO3)C2. The normalized spacial score (nSPS) is 16.3. The highest BCUT2D eigenvalue weighted by molar-refractivity contribution is 5.48. The summed E-state index contributed by atoms with van der Waals surface area (Å²) in [4.78, 5) is 2.52. The predicted molar refractivity (Wildman–Crippen MR) is 89.7 cm³/mol. The fraction of sp³-hybridized carbons (Fsp3) is 0.368. The number of hydrogen-bond acceptors (Lipinski definition) is 4. The number of nitrogens with one attached hydrogen (secondary N) is 1. The van der Waals surface area contributed by atoms with Crippen LogP contribution in [0.4, 0.5) is 0 Å². The van der Waals surface area contributed by atoms with Crippen molar-refractivity contribution in [1.82, 2.24) is 10.2 Å². The van der Waals surface area contributed by atoms with Gasteiger partial charge in [0.1, 0.15) is 0 Å². The number of ether oxygens (including phenoxy) is 2. The van der Waals surface area contributed by atoms with E-state index in [-0.39, 0.29) is 0 Å². The lowest BCUT2D eigenvalue weighted by Gasteiger charge is -2.28. The lowest BCUT2D eigenvalue weighted by Crippen LogP contribution is -2.35. The molecule has 1 N–H and O–H groups in total. The summed E-state index contributed by atoms with van der Waals surface area (Å²) in [6, 6.07) is 14.8. The number of benzene rings is 2. The molecule has 23 heavy (non-hydrogen) atoms. The van der Waals surface area contributed by atoms with Crippen LogP contribution < -0.4 is 14.8 Å². The Kier molecular flexibility index (Phi) is 4.18. The molecule has 0 fully saturated rings. The highest BCUT2D eigenvalue weighted by Gasteiger charge is 2.17. The molecule has 0 amide bonds. The Hall–Kier alpha value is -2.04. The molecular weight excluding hydrogens is 288 g/mol. The van der Waals surface area contributed by atoms with Gasteiger partial charge in [0.2, 0.25) is 6.79 Å². The molecular formula is C19H22N2O2. The average molecular weight is 310 g/mol. The Labute approximate surface area is 137 Å². The van der Waals surface area contributed by atoms with Crippen molar-refractivity contribution < 1.29 is 9.47 Å². The minimum absolute atomic E-state index is 0.333. The molecule has 2 aliphatic heterocycles.